The first kappa shape index (κ1) is 50.6. The Kier molecular flexibility index (Phi) is 44.5. The number of rotatable bonds is 43. The zero-order chi connectivity index (χ0) is 37.7. The van der Waals surface area contributed by atoms with E-state index < -0.39 is 6.10 Å². The molecule has 0 aliphatic rings. The van der Waals surface area contributed by atoms with E-state index in [2.05, 4.69) is 50.3 Å². The first-order valence-electron chi connectivity index (χ1n) is 23.1. The summed E-state index contributed by atoms with van der Waals surface area (Å²) < 4.78 is 11.2. The summed E-state index contributed by atoms with van der Waals surface area (Å²) in [5, 5.41) is 9.61. The second-order valence-corrected chi connectivity index (χ2v) is 15.5. The van der Waals surface area contributed by atoms with Crippen LogP contribution in [-0.2, 0) is 14.3 Å². The molecule has 0 aliphatic heterocycles. The summed E-state index contributed by atoms with van der Waals surface area (Å²) in [6, 6.07) is 0. The van der Waals surface area contributed by atoms with E-state index in [9.17, 15) is 9.90 Å². The lowest BCUT2D eigenvalue weighted by Crippen LogP contribution is -2.27. The van der Waals surface area contributed by atoms with Gasteiger partial charge in [0.1, 0.15) is 6.10 Å². The second kappa shape index (κ2) is 45.8. The molecular formula is C48H90O4. The Hall–Kier alpha value is -1.39. The number of hydrogen-bond acceptors (Lipinski definition) is 4. The predicted octanol–water partition coefficient (Wildman–Crippen LogP) is 15.3. The molecule has 4 nitrogen and oxygen atoms in total. The van der Waals surface area contributed by atoms with Gasteiger partial charge < -0.3 is 14.6 Å². The van der Waals surface area contributed by atoms with Crippen molar-refractivity contribution in [2.75, 3.05) is 19.8 Å². The molecule has 0 aromatic heterocycles. The van der Waals surface area contributed by atoms with Gasteiger partial charge in [-0.1, -0.05) is 217 Å². The van der Waals surface area contributed by atoms with Crippen molar-refractivity contribution in [3.63, 3.8) is 0 Å². The van der Waals surface area contributed by atoms with Gasteiger partial charge in [0.15, 0.2) is 0 Å². The zero-order valence-corrected chi connectivity index (χ0v) is 35.1. The molecule has 0 saturated heterocycles. The number of esters is 1. The van der Waals surface area contributed by atoms with Crippen molar-refractivity contribution in [2.24, 2.45) is 0 Å². The van der Waals surface area contributed by atoms with Gasteiger partial charge in [0.05, 0.1) is 13.2 Å². The Morgan fingerprint density at radius 3 is 1.21 bits per heavy atom. The number of aliphatic hydroxyl groups is 1. The Balaban J connectivity index is 3.42. The van der Waals surface area contributed by atoms with Crippen molar-refractivity contribution >= 4 is 5.97 Å². The Bertz CT molecular complexity index is 772. The summed E-state index contributed by atoms with van der Waals surface area (Å²) in [6.45, 7) is 5.36. The van der Waals surface area contributed by atoms with Gasteiger partial charge in [-0.15, -0.1) is 0 Å². The fraction of sp³-hybridized carbons (Fsp3) is 0.854. The lowest BCUT2D eigenvalue weighted by Gasteiger charge is -2.16. The minimum Gasteiger partial charge on any atom is -0.457 e. The monoisotopic (exact) mass is 731 g/mol. The Morgan fingerprint density at radius 2 is 0.808 bits per heavy atom. The van der Waals surface area contributed by atoms with Gasteiger partial charge in [-0.2, -0.15) is 0 Å². The molecule has 4 heteroatoms. The van der Waals surface area contributed by atoms with Crippen LogP contribution in [0.2, 0.25) is 0 Å². The SMILES string of the molecule is CCCCCCC/C=C\C/C=C\C/C=C\CCCCCCCCCCCCC(=O)OC(CO)COCCCCCCCCCCCCCCCCC. The van der Waals surface area contributed by atoms with E-state index in [4.69, 9.17) is 9.47 Å². The van der Waals surface area contributed by atoms with E-state index in [0.717, 1.165) is 32.1 Å². The highest BCUT2D eigenvalue weighted by Gasteiger charge is 2.13. The molecule has 0 aromatic rings. The van der Waals surface area contributed by atoms with Crippen molar-refractivity contribution in [1.82, 2.24) is 0 Å². The van der Waals surface area contributed by atoms with Gasteiger partial charge in [-0.05, 0) is 51.4 Å². The first-order chi connectivity index (χ1) is 25.7. The summed E-state index contributed by atoms with van der Waals surface area (Å²) in [5.41, 5.74) is 0. The minimum absolute atomic E-state index is 0.170. The molecule has 1 N–H and O–H groups in total. The van der Waals surface area contributed by atoms with E-state index in [-0.39, 0.29) is 12.6 Å². The summed E-state index contributed by atoms with van der Waals surface area (Å²) >= 11 is 0. The normalized spacial score (nSPS) is 12.6. The molecule has 0 aromatic carbocycles. The van der Waals surface area contributed by atoms with Crippen LogP contribution in [0.1, 0.15) is 239 Å². The maximum Gasteiger partial charge on any atom is 0.306 e. The third kappa shape index (κ3) is 43.0. The number of allylic oxidation sites excluding steroid dienone is 6. The molecule has 0 aliphatic carbocycles. The third-order valence-electron chi connectivity index (χ3n) is 10.2. The van der Waals surface area contributed by atoms with Crippen molar-refractivity contribution in [1.29, 1.82) is 0 Å². The minimum atomic E-state index is -0.533. The highest BCUT2D eigenvalue weighted by molar-refractivity contribution is 5.69. The molecule has 0 bridgehead atoms. The molecule has 0 rings (SSSR count). The van der Waals surface area contributed by atoms with Crippen molar-refractivity contribution < 1.29 is 19.4 Å². The van der Waals surface area contributed by atoms with Gasteiger partial charge in [0.2, 0.25) is 0 Å². The predicted molar refractivity (Wildman–Crippen MR) is 228 cm³/mol. The van der Waals surface area contributed by atoms with Gasteiger partial charge in [-0.3, -0.25) is 4.79 Å². The van der Waals surface area contributed by atoms with Crippen molar-refractivity contribution in [3.05, 3.63) is 36.5 Å². The van der Waals surface area contributed by atoms with E-state index in [1.807, 2.05) is 0 Å². The maximum absolute atomic E-state index is 12.2. The highest BCUT2D eigenvalue weighted by atomic mass is 16.6. The smallest absolute Gasteiger partial charge is 0.306 e. The topological polar surface area (TPSA) is 55.8 Å². The third-order valence-corrected chi connectivity index (χ3v) is 10.2. The van der Waals surface area contributed by atoms with Crippen molar-refractivity contribution in [3.8, 4) is 0 Å². The van der Waals surface area contributed by atoms with Crippen LogP contribution in [0.4, 0.5) is 0 Å². The van der Waals surface area contributed by atoms with Crippen LogP contribution in [0.5, 0.6) is 0 Å². The molecule has 0 heterocycles. The van der Waals surface area contributed by atoms with Crippen LogP contribution < -0.4 is 0 Å². The standard InChI is InChI=1S/C48H90O4/c1-3-5-7-9-11-13-15-17-19-20-21-22-23-24-25-26-27-28-29-31-33-35-37-39-41-43-48(50)52-47(45-49)46-51-44-42-40-38-36-34-32-30-18-16-14-12-10-8-6-4-2/h15,17,20-21,23-24,47,49H,3-14,16,18-19,22,25-46H2,1-2H3/b17-15-,21-20-,24-23-. The quantitative estimate of drug-likeness (QED) is 0.0385. The number of aliphatic hydroxyl groups excluding tert-OH is 1. The summed E-state index contributed by atoms with van der Waals surface area (Å²) in [5.74, 6) is -0.201. The average Bonchev–Trinajstić information content (AvgIpc) is 3.15. The fourth-order valence-electron chi connectivity index (χ4n) is 6.75. The van der Waals surface area contributed by atoms with Crippen LogP contribution in [0.15, 0.2) is 36.5 Å². The molecule has 0 amide bonds. The van der Waals surface area contributed by atoms with Crippen LogP contribution in [0.3, 0.4) is 0 Å². The van der Waals surface area contributed by atoms with E-state index in [1.54, 1.807) is 0 Å². The molecule has 1 atom stereocenters. The van der Waals surface area contributed by atoms with Gasteiger partial charge >= 0.3 is 5.97 Å². The van der Waals surface area contributed by atoms with E-state index in [0.29, 0.717) is 19.6 Å². The molecule has 52 heavy (non-hydrogen) atoms. The number of carbonyl (C=O) groups is 1. The molecule has 306 valence electrons. The van der Waals surface area contributed by atoms with Crippen LogP contribution in [0.25, 0.3) is 0 Å². The van der Waals surface area contributed by atoms with E-state index in [1.165, 1.54) is 186 Å². The summed E-state index contributed by atoms with van der Waals surface area (Å²) in [6.07, 6.45) is 57.8. The molecule has 0 saturated carbocycles. The zero-order valence-electron chi connectivity index (χ0n) is 35.1. The fourth-order valence-corrected chi connectivity index (χ4v) is 6.75. The highest BCUT2D eigenvalue weighted by Crippen LogP contribution is 2.15. The largest absolute Gasteiger partial charge is 0.457 e. The lowest BCUT2D eigenvalue weighted by molar-refractivity contribution is -0.154. The molecule has 1 unspecified atom stereocenters. The molecule has 0 fully saturated rings. The van der Waals surface area contributed by atoms with E-state index >= 15 is 0 Å². The second-order valence-electron chi connectivity index (χ2n) is 15.5. The van der Waals surface area contributed by atoms with Gasteiger partial charge in [0.25, 0.3) is 0 Å². The average molecular weight is 731 g/mol. The summed E-state index contributed by atoms with van der Waals surface area (Å²) in [4.78, 5) is 12.2. The number of carbonyl (C=O) groups excluding carboxylic acids is 1. The van der Waals surface area contributed by atoms with Crippen LogP contribution in [-0.4, -0.2) is 37.0 Å². The first-order valence-corrected chi connectivity index (χ1v) is 23.1. The Labute approximate surface area is 325 Å². The molecular weight excluding hydrogens is 641 g/mol. The van der Waals surface area contributed by atoms with Gasteiger partial charge in [0, 0.05) is 13.0 Å². The molecule has 0 spiro atoms. The lowest BCUT2D eigenvalue weighted by atomic mass is 10.0. The van der Waals surface area contributed by atoms with Crippen LogP contribution in [0, 0.1) is 0 Å². The van der Waals surface area contributed by atoms with Gasteiger partial charge in [-0.25, -0.2) is 0 Å². The number of hydrogen-bond donors (Lipinski definition) is 1. The van der Waals surface area contributed by atoms with Crippen LogP contribution >= 0.6 is 0 Å². The maximum atomic E-state index is 12.2. The summed E-state index contributed by atoms with van der Waals surface area (Å²) in [7, 11) is 0. The van der Waals surface area contributed by atoms with Crippen molar-refractivity contribution in [2.45, 2.75) is 245 Å². The molecule has 0 radical (unpaired) electrons. The number of unbranched alkanes of at least 4 members (excludes halogenated alkanes) is 29. The number of ether oxygens (including phenoxy) is 2. The Morgan fingerprint density at radius 1 is 0.462 bits per heavy atom.